The molecule has 0 spiro atoms. The molecule has 0 saturated heterocycles. The van der Waals surface area contributed by atoms with Crippen molar-refractivity contribution in [2.45, 2.75) is 32.7 Å². The minimum absolute atomic E-state index is 0. The zero-order valence-corrected chi connectivity index (χ0v) is 20.2. The standard InChI is InChI=1S/C22H28F3N3O2.HI/c1-16-7-8-17(12-20(16)29-3)9-10-27-21(26-2)28-13-18-5-4-6-19(11-18)14-30-15-22(23,24)25;/h4-8,11-12H,9-10,13-15H2,1-3H3,(H2,26,27,28);1H. The first-order chi connectivity index (χ1) is 14.3. The Morgan fingerprint density at radius 3 is 2.45 bits per heavy atom. The van der Waals surface area contributed by atoms with Crippen molar-refractivity contribution < 1.29 is 22.6 Å². The number of hydrogen-bond donors (Lipinski definition) is 2. The number of halogens is 4. The Labute approximate surface area is 198 Å². The Balaban J connectivity index is 0.00000480. The second kappa shape index (κ2) is 13.4. The third-order valence-corrected chi connectivity index (χ3v) is 4.39. The fraction of sp³-hybridized carbons (Fsp3) is 0.409. The van der Waals surface area contributed by atoms with Gasteiger partial charge in [-0.05, 0) is 41.7 Å². The van der Waals surface area contributed by atoms with Crippen LogP contribution in [0.15, 0.2) is 47.5 Å². The summed E-state index contributed by atoms with van der Waals surface area (Å²) in [5, 5.41) is 6.46. The van der Waals surface area contributed by atoms with Gasteiger partial charge < -0.3 is 20.1 Å². The SMILES string of the molecule is CN=C(NCCc1ccc(C)c(OC)c1)NCc1cccc(COCC(F)(F)F)c1.I. The quantitative estimate of drug-likeness (QED) is 0.272. The smallest absolute Gasteiger partial charge is 0.411 e. The topological polar surface area (TPSA) is 54.9 Å². The van der Waals surface area contributed by atoms with Gasteiger partial charge >= 0.3 is 6.18 Å². The van der Waals surface area contributed by atoms with E-state index < -0.39 is 12.8 Å². The van der Waals surface area contributed by atoms with Crippen LogP contribution in [0.2, 0.25) is 0 Å². The van der Waals surface area contributed by atoms with Gasteiger partial charge in [-0.1, -0.05) is 36.4 Å². The predicted molar refractivity (Wildman–Crippen MR) is 127 cm³/mol. The van der Waals surface area contributed by atoms with Gasteiger partial charge in [-0.25, -0.2) is 0 Å². The summed E-state index contributed by atoms with van der Waals surface area (Å²) in [5.74, 6) is 1.52. The van der Waals surface area contributed by atoms with Gasteiger partial charge in [0.15, 0.2) is 5.96 Å². The van der Waals surface area contributed by atoms with E-state index in [4.69, 9.17) is 9.47 Å². The van der Waals surface area contributed by atoms with E-state index in [1.165, 1.54) is 0 Å². The fourth-order valence-corrected chi connectivity index (χ4v) is 2.87. The lowest BCUT2D eigenvalue weighted by Crippen LogP contribution is -2.37. The molecule has 2 N–H and O–H groups in total. The lowest BCUT2D eigenvalue weighted by atomic mass is 10.1. The number of guanidine groups is 1. The van der Waals surface area contributed by atoms with Crippen molar-refractivity contribution in [3.8, 4) is 5.75 Å². The van der Waals surface area contributed by atoms with Crippen LogP contribution in [0.25, 0.3) is 0 Å². The molecule has 5 nitrogen and oxygen atoms in total. The molecular formula is C22H29F3IN3O2. The lowest BCUT2D eigenvalue weighted by Gasteiger charge is -2.13. The Bertz CT molecular complexity index is 845. The Morgan fingerprint density at radius 2 is 1.77 bits per heavy atom. The van der Waals surface area contributed by atoms with E-state index in [9.17, 15) is 13.2 Å². The average Bonchev–Trinajstić information content (AvgIpc) is 2.71. The van der Waals surface area contributed by atoms with E-state index >= 15 is 0 Å². The van der Waals surface area contributed by atoms with Crippen LogP contribution in [0.3, 0.4) is 0 Å². The molecule has 2 aromatic rings. The molecule has 0 atom stereocenters. The molecular weight excluding hydrogens is 522 g/mol. The van der Waals surface area contributed by atoms with Gasteiger partial charge in [-0.2, -0.15) is 13.2 Å². The molecule has 2 aromatic carbocycles. The number of rotatable bonds is 9. The number of benzene rings is 2. The van der Waals surface area contributed by atoms with Crippen molar-refractivity contribution in [3.05, 3.63) is 64.7 Å². The largest absolute Gasteiger partial charge is 0.496 e. The van der Waals surface area contributed by atoms with E-state index in [-0.39, 0.29) is 30.6 Å². The molecule has 0 aliphatic carbocycles. The molecule has 0 aliphatic heterocycles. The number of methoxy groups -OCH3 is 1. The molecule has 0 fully saturated rings. The lowest BCUT2D eigenvalue weighted by molar-refractivity contribution is -0.176. The highest BCUT2D eigenvalue weighted by Gasteiger charge is 2.27. The molecule has 9 heteroatoms. The first-order valence-corrected chi connectivity index (χ1v) is 9.61. The maximum absolute atomic E-state index is 12.2. The maximum Gasteiger partial charge on any atom is 0.411 e. The average molecular weight is 551 g/mol. The van der Waals surface area contributed by atoms with Crippen LogP contribution in [0.1, 0.15) is 22.3 Å². The molecule has 0 unspecified atom stereocenters. The van der Waals surface area contributed by atoms with Crippen molar-refractivity contribution in [3.63, 3.8) is 0 Å². The number of nitrogens with one attached hydrogen (secondary N) is 2. The zero-order valence-electron chi connectivity index (χ0n) is 17.9. The first-order valence-electron chi connectivity index (χ1n) is 9.61. The number of hydrogen-bond acceptors (Lipinski definition) is 3. The second-order valence-corrected chi connectivity index (χ2v) is 6.83. The normalized spacial score (nSPS) is 11.6. The third kappa shape index (κ3) is 10.2. The summed E-state index contributed by atoms with van der Waals surface area (Å²) < 4.78 is 46.6. The summed E-state index contributed by atoms with van der Waals surface area (Å²) in [6.45, 7) is 1.85. The highest BCUT2D eigenvalue weighted by Crippen LogP contribution is 2.19. The number of ether oxygens (including phenoxy) is 2. The van der Waals surface area contributed by atoms with Gasteiger partial charge in [0.25, 0.3) is 0 Å². The third-order valence-electron chi connectivity index (χ3n) is 4.39. The van der Waals surface area contributed by atoms with Gasteiger partial charge in [0.1, 0.15) is 12.4 Å². The van der Waals surface area contributed by atoms with Crippen molar-refractivity contribution >= 4 is 29.9 Å². The van der Waals surface area contributed by atoms with Crippen molar-refractivity contribution in [2.24, 2.45) is 4.99 Å². The van der Waals surface area contributed by atoms with Crippen molar-refractivity contribution in [1.82, 2.24) is 10.6 Å². The van der Waals surface area contributed by atoms with Crippen LogP contribution in [0.5, 0.6) is 5.75 Å². The zero-order chi connectivity index (χ0) is 22.0. The summed E-state index contributed by atoms with van der Waals surface area (Å²) in [5.41, 5.74) is 3.87. The molecule has 0 aromatic heterocycles. The highest BCUT2D eigenvalue weighted by atomic mass is 127. The highest BCUT2D eigenvalue weighted by molar-refractivity contribution is 14.0. The summed E-state index contributed by atoms with van der Waals surface area (Å²) in [6, 6.07) is 13.4. The molecule has 172 valence electrons. The Morgan fingerprint density at radius 1 is 1.03 bits per heavy atom. The molecule has 0 heterocycles. The van der Waals surface area contributed by atoms with Gasteiger partial charge in [0.2, 0.25) is 0 Å². The Kier molecular flexibility index (Phi) is 11.7. The van der Waals surface area contributed by atoms with Gasteiger partial charge in [0, 0.05) is 20.1 Å². The van der Waals surface area contributed by atoms with Gasteiger partial charge in [-0.3, -0.25) is 4.99 Å². The number of aliphatic imine (C=N–C) groups is 1. The van der Waals surface area contributed by atoms with Crippen LogP contribution in [-0.4, -0.2) is 39.4 Å². The van der Waals surface area contributed by atoms with E-state index in [0.717, 1.165) is 28.9 Å². The van der Waals surface area contributed by atoms with Crippen LogP contribution in [-0.2, 0) is 24.3 Å². The molecule has 0 bridgehead atoms. The van der Waals surface area contributed by atoms with E-state index in [1.807, 2.05) is 31.2 Å². The van der Waals surface area contributed by atoms with Crippen LogP contribution in [0.4, 0.5) is 13.2 Å². The number of aryl methyl sites for hydroxylation is 1. The predicted octanol–water partition coefficient (Wildman–Crippen LogP) is 4.61. The molecule has 31 heavy (non-hydrogen) atoms. The number of alkyl halides is 3. The molecule has 0 amide bonds. The summed E-state index contributed by atoms with van der Waals surface area (Å²) in [6.07, 6.45) is -3.51. The molecule has 0 saturated carbocycles. The van der Waals surface area contributed by atoms with Gasteiger partial charge in [-0.15, -0.1) is 24.0 Å². The Hall–Kier alpha value is -2.01. The van der Waals surface area contributed by atoms with Crippen molar-refractivity contribution in [2.75, 3.05) is 27.3 Å². The van der Waals surface area contributed by atoms with Crippen LogP contribution < -0.4 is 15.4 Å². The van der Waals surface area contributed by atoms with E-state index in [0.29, 0.717) is 24.6 Å². The maximum atomic E-state index is 12.2. The summed E-state index contributed by atoms with van der Waals surface area (Å²) in [4.78, 5) is 4.20. The monoisotopic (exact) mass is 551 g/mol. The number of nitrogens with zero attached hydrogens (tertiary/aromatic N) is 1. The summed E-state index contributed by atoms with van der Waals surface area (Å²) in [7, 11) is 3.35. The second-order valence-electron chi connectivity index (χ2n) is 6.83. The van der Waals surface area contributed by atoms with E-state index in [1.54, 1.807) is 26.3 Å². The fourth-order valence-electron chi connectivity index (χ4n) is 2.87. The van der Waals surface area contributed by atoms with Crippen LogP contribution >= 0.6 is 24.0 Å². The van der Waals surface area contributed by atoms with Crippen LogP contribution in [0, 0.1) is 6.92 Å². The summed E-state index contributed by atoms with van der Waals surface area (Å²) >= 11 is 0. The van der Waals surface area contributed by atoms with Crippen molar-refractivity contribution in [1.29, 1.82) is 0 Å². The minimum atomic E-state index is -4.32. The van der Waals surface area contributed by atoms with E-state index in [2.05, 4.69) is 21.7 Å². The first kappa shape index (κ1) is 27.0. The molecule has 2 rings (SSSR count). The molecule has 0 radical (unpaired) electrons. The molecule has 0 aliphatic rings. The van der Waals surface area contributed by atoms with Gasteiger partial charge in [0.05, 0.1) is 13.7 Å². The minimum Gasteiger partial charge on any atom is -0.496 e.